The zero-order valence-electron chi connectivity index (χ0n) is 13.9. The summed E-state index contributed by atoms with van der Waals surface area (Å²) in [6.45, 7) is 1.50. The van der Waals surface area contributed by atoms with Crippen LogP contribution >= 0.6 is 11.3 Å². The summed E-state index contributed by atoms with van der Waals surface area (Å²) < 4.78 is 45.9. The third-order valence-electron chi connectivity index (χ3n) is 3.17. The largest absolute Gasteiger partial charge is 0.481 e. The second kappa shape index (κ2) is 7.89. The number of carbonyl (C=O) groups excluding carboxylic acids is 1. The van der Waals surface area contributed by atoms with Crippen molar-refractivity contribution in [2.75, 3.05) is 20.7 Å². The van der Waals surface area contributed by atoms with Crippen molar-refractivity contribution in [2.45, 2.75) is 18.4 Å². The summed E-state index contributed by atoms with van der Waals surface area (Å²) in [4.78, 5) is 16.7. The van der Waals surface area contributed by atoms with Crippen molar-refractivity contribution >= 4 is 27.3 Å². The van der Waals surface area contributed by atoms with E-state index in [9.17, 15) is 17.6 Å². The van der Waals surface area contributed by atoms with Gasteiger partial charge in [-0.1, -0.05) is 0 Å². The number of aromatic nitrogens is 1. The third kappa shape index (κ3) is 5.21. The number of rotatable bonds is 7. The predicted octanol–water partition coefficient (Wildman–Crippen LogP) is 1.54. The molecule has 0 aliphatic carbocycles. The molecular weight excluding hydrogens is 369 g/mol. The van der Waals surface area contributed by atoms with Crippen molar-refractivity contribution in [3.05, 3.63) is 40.1 Å². The SMILES string of the molecule is Cc1nc(CNS(=O)(=O)c2ccc(OCC(=O)N(C)C)c(F)c2)cs1. The van der Waals surface area contributed by atoms with E-state index in [4.69, 9.17) is 4.74 Å². The van der Waals surface area contributed by atoms with Gasteiger partial charge in [-0.2, -0.15) is 0 Å². The van der Waals surface area contributed by atoms with Gasteiger partial charge in [0.05, 0.1) is 22.1 Å². The van der Waals surface area contributed by atoms with Crippen LogP contribution in [0.2, 0.25) is 0 Å². The number of halogens is 1. The van der Waals surface area contributed by atoms with Gasteiger partial charge in [-0.3, -0.25) is 4.79 Å². The fourth-order valence-electron chi connectivity index (χ4n) is 1.78. The zero-order valence-corrected chi connectivity index (χ0v) is 15.6. The van der Waals surface area contributed by atoms with Crippen LogP contribution in [0.25, 0.3) is 0 Å². The Morgan fingerprint density at radius 3 is 2.68 bits per heavy atom. The molecule has 2 rings (SSSR count). The van der Waals surface area contributed by atoms with Gasteiger partial charge in [-0.25, -0.2) is 22.5 Å². The fourth-order valence-corrected chi connectivity index (χ4v) is 3.40. The number of hydrogen-bond donors (Lipinski definition) is 1. The van der Waals surface area contributed by atoms with Crippen LogP contribution in [0, 0.1) is 12.7 Å². The summed E-state index contributed by atoms with van der Waals surface area (Å²) in [5.74, 6) is -1.39. The summed E-state index contributed by atoms with van der Waals surface area (Å²) >= 11 is 1.41. The van der Waals surface area contributed by atoms with E-state index in [1.807, 2.05) is 6.92 Å². The van der Waals surface area contributed by atoms with E-state index in [0.717, 1.165) is 11.1 Å². The van der Waals surface area contributed by atoms with Gasteiger partial charge in [0.1, 0.15) is 0 Å². The maximum atomic E-state index is 14.0. The second-order valence-electron chi connectivity index (χ2n) is 5.35. The quantitative estimate of drug-likeness (QED) is 0.778. The molecule has 1 aromatic carbocycles. The van der Waals surface area contributed by atoms with E-state index in [1.54, 1.807) is 19.5 Å². The van der Waals surface area contributed by atoms with Crippen LogP contribution in [-0.4, -0.2) is 44.9 Å². The molecule has 10 heteroatoms. The molecule has 1 aromatic heterocycles. The first-order chi connectivity index (χ1) is 11.7. The molecule has 0 bridgehead atoms. The van der Waals surface area contributed by atoms with E-state index < -0.39 is 15.8 Å². The van der Waals surface area contributed by atoms with E-state index in [1.165, 1.54) is 28.4 Å². The summed E-state index contributed by atoms with van der Waals surface area (Å²) in [7, 11) is -0.792. The van der Waals surface area contributed by atoms with Gasteiger partial charge in [0.25, 0.3) is 5.91 Å². The number of amides is 1. The molecule has 0 radical (unpaired) electrons. The molecule has 2 aromatic rings. The van der Waals surface area contributed by atoms with E-state index in [-0.39, 0.29) is 29.7 Å². The number of benzene rings is 1. The van der Waals surface area contributed by atoms with Crippen molar-refractivity contribution in [3.63, 3.8) is 0 Å². The van der Waals surface area contributed by atoms with Gasteiger partial charge in [0, 0.05) is 19.5 Å². The Hall–Kier alpha value is -2.04. The zero-order chi connectivity index (χ0) is 18.6. The van der Waals surface area contributed by atoms with Crippen molar-refractivity contribution in [3.8, 4) is 5.75 Å². The van der Waals surface area contributed by atoms with Gasteiger partial charge < -0.3 is 9.64 Å². The highest BCUT2D eigenvalue weighted by Gasteiger charge is 2.18. The predicted molar refractivity (Wildman–Crippen MR) is 91.5 cm³/mol. The Labute approximate surface area is 149 Å². The van der Waals surface area contributed by atoms with Crippen molar-refractivity contribution in [1.29, 1.82) is 0 Å². The van der Waals surface area contributed by atoms with Crippen LogP contribution in [0.3, 0.4) is 0 Å². The molecule has 0 aliphatic rings. The van der Waals surface area contributed by atoms with Gasteiger partial charge in [-0.05, 0) is 25.1 Å². The Kier molecular flexibility index (Phi) is 6.09. The summed E-state index contributed by atoms with van der Waals surface area (Å²) in [6.07, 6.45) is 0. The minimum Gasteiger partial charge on any atom is -0.481 e. The van der Waals surface area contributed by atoms with Crippen molar-refractivity contribution < 1.29 is 22.3 Å². The van der Waals surface area contributed by atoms with Crippen molar-refractivity contribution in [2.24, 2.45) is 0 Å². The third-order valence-corrected chi connectivity index (χ3v) is 5.39. The monoisotopic (exact) mass is 387 g/mol. The normalized spacial score (nSPS) is 11.4. The number of aryl methyl sites for hydroxylation is 1. The highest BCUT2D eigenvalue weighted by molar-refractivity contribution is 7.89. The maximum absolute atomic E-state index is 14.0. The molecule has 136 valence electrons. The van der Waals surface area contributed by atoms with E-state index in [0.29, 0.717) is 5.69 Å². The maximum Gasteiger partial charge on any atom is 0.259 e. The first-order valence-electron chi connectivity index (χ1n) is 7.22. The molecule has 0 saturated heterocycles. The molecular formula is C15H18FN3O4S2. The topological polar surface area (TPSA) is 88.6 Å². The Balaban J connectivity index is 2.06. The van der Waals surface area contributed by atoms with Crippen LogP contribution in [-0.2, 0) is 21.4 Å². The summed E-state index contributed by atoms with van der Waals surface area (Å²) in [5, 5.41) is 2.57. The lowest BCUT2D eigenvalue weighted by Gasteiger charge is -2.12. The molecule has 0 saturated carbocycles. The van der Waals surface area contributed by atoms with Crippen LogP contribution in [0.5, 0.6) is 5.75 Å². The molecule has 1 amide bonds. The number of carbonyl (C=O) groups is 1. The van der Waals surface area contributed by atoms with Gasteiger partial charge in [0.2, 0.25) is 10.0 Å². The molecule has 0 fully saturated rings. The van der Waals surface area contributed by atoms with Gasteiger partial charge >= 0.3 is 0 Å². The molecule has 7 nitrogen and oxygen atoms in total. The lowest BCUT2D eigenvalue weighted by molar-refractivity contribution is -0.130. The lowest BCUT2D eigenvalue weighted by atomic mass is 10.3. The number of nitrogens with one attached hydrogen (secondary N) is 1. The Morgan fingerprint density at radius 2 is 2.12 bits per heavy atom. The van der Waals surface area contributed by atoms with E-state index in [2.05, 4.69) is 9.71 Å². The minimum atomic E-state index is -3.89. The van der Waals surface area contributed by atoms with E-state index >= 15 is 0 Å². The fraction of sp³-hybridized carbons (Fsp3) is 0.333. The average molecular weight is 387 g/mol. The standard InChI is InChI=1S/C15H18FN3O4S2/c1-10-18-11(9-24-10)7-17-25(21,22)12-4-5-14(13(16)6-12)23-8-15(20)19(2)3/h4-6,9,17H,7-8H2,1-3H3. The van der Waals surface area contributed by atoms with Crippen LogP contribution in [0.4, 0.5) is 4.39 Å². The first kappa shape index (κ1) is 19.3. The molecule has 1 heterocycles. The molecule has 25 heavy (non-hydrogen) atoms. The lowest BCUT2D eigenvalue weighted by Crippen LogP contribution is -2.27. The Morgan fingerprint density at radius 1 is 1.40 bits per heavy atom. The number of sulfonamides is 1. The van der Waals surface area contributed by atoms with Gasteiger partial charge in [-0.15, -0.1) is 11.3 Å². The van der Waals surface area contributed by atoms with Crippen LogP contribution in [0.1, 0.15) is 10.7 Å². The van der Waals surface area contributed by atoms with Crippen molar-refractivity contribution in [1.82, 2.24) is 14.6 Å². The number of likely N-dealkylation sites (N-methyl/N-ethyl adjacent to an activating group) is 1. The molecule has 0 atom stereocenters. The molecule has 0 spiro atoms. The second-order valence-corrected chi connectivity index (χ2v) is 8.18. The number of nitrogens with zero attached hydrogens (tertiary/aromatic N) is 2. The summed E-state index contributed by atoms with van der Waals surface area (Å²) in [6, 6.07) is 3.25. The number of ether oxygens (including phenoxy) is 1. The van der Waals surface area contributed by atoms with Crippen LogP contribution in [0.15, 0.2) is 28.5 Å². The highest BCUT2D eigenvalue weighted by atomic mass is 32.2. The Bertz CT molecular complexity index is 865. The summed E-state index contributed by atoms with van der Waals surface area (Å²) in [5.41, 5.74) is 0.591. The number of hydrogen-bond acceptors (Lipinski definition) is 6. The molecule has 0 unspecified atom stereocenters. The smallest absolute Gasteiger partial charge is 0.259 e. The highest BCUT2D eigenvalue weighted by Crippen LogP contribution is 2.21. The number of thiazole rings is 1. The average Bonchev–Trinajstić information content (AvgIpc) is 2.97. The minimum absolute atomic E-state index is 0.0177. The molecule has 0 aliphatic heterocycles. The first-order valence-corrected chi connectivity index (χ1v) is 9.58. The van der Waals surface area contributed by atoms with Crippen LogP contribution < -0.4 is 9.46 Å². The van der Waals surface area contributed by atoms with Gasteiger partial charge in [0.15, 0.2) is 18.2 Å². The molecule has 1 N–H and O–H groups in total.